The first-order chi connectivity index (χ1) is 7.15. The summed E-state index contributed by atoms with van der Waals surface area (Å²) < 4.78 is 10.0. The maximum absolute atomic E-state index is 10.6. The van der Waals surface area contributed by atoms with Crippen molar-refractivity contribution >= 4 is 11.7 Å². The minimum Gasteiger partial charge on any atom is -0.501 e. The van der Waals surface area contributed by atoms with Gasteiger partial charge in [-0.3, -0.25) is 4.79 Å². The van der Waals surface area contributed by atoms with Crippen molar-refractivity contribution in [1.29, 1.82) is 0 Å². The van der Waals surface area contributed by atoms with Crippen LogP contribution in [0.15, 0.2) is 16.3 Å². The fraction of sp³-hybridized carbons (Fsp3) is 0.636. The Hall–Kier alpha value is -1.32. The van der Waals surface area contributed by atoms with Crippen LogP contribution in [0.1, 0.15) is 33.1 Å². The number of nitrogens with zero attached hydrogens (tertiary/aromatic N) is 1. The molecule has 1 rings (SSSR count). The largest absolute Gasteiger partial charge is 0.501 e. The fourth-order valence-corrected chi connectivity index (χ4v) is 1.61. The van der Waals surface area contributed by atoms with Gasteiger partial charge in [-0.15, -0.1) is 0 Å². The highest BCUT2D eigenvalue weighted by molar-refractivity contribution is 6.00. The summed E-state index contributed by atoms with van der Waals surface area (Å²) in [6.07, 6.45) is 2.94. The number of aliphatic imine (C=N–C) groups is 1. The van der Waals surface area contributed by atoms with E-state index in [0.717, 1.165) is 36.3 Å². The molecule has 0 heterocycles. The second kappa shape index (κ2) is 5.53. The van der Waals surface area contributed by atoms with Gasteiger partial charge in [-0.2, -0.15) is 0 Å². The van der Waals surface area contributed by atoms with Crippen LogP contribution in [0.5, 0.6) is 0 Å². The molecule has 0 atom stereocenters. The van der Waals surface area contributed by atoms with Crippen LogP contribution in [0.4, 0.5) is 0 Å². The van der Waals surface area contributed by atoms with Gasteiger partial charge in [0.15, 0.2) is 6.73 Å². The highest BCUT2D eigenvalue weighted by Crippen LogP contribution is 2.22. The van der Waals surface area contributed by atoms with Crippen molar-refractivity contribution < 1.29 is 14.3 Å². The Morgan fingerprint density at radius 1 is 1.47 bits per heavy atom. The number of rotatable bonds is 3. The molecule has 0 aliphatic heterocycles. The van der Waals surface area contributed by atoms with E-state index in [2.05, 4.69) is 4.99 Å². The minimum atomic E-state index is -0.302. The Bertz CT molecular complexity index is 305. The molecule has 0 radical (unpaired) electrons. The lowest BCUT2D eigenvalue weighted by Gasteiger charge is -2.18. The summed E-state index contributed by atoms with van der Waals surface area (Å²) >= 11 is 0. The number of carbonyl (C=O) groups is 1. The molecule has 4 nitrogen and oxygen atoms in total. The van der Waals surface area contributed by atoms with Gasteiger partial charge in [-0.1, -0.05) is 0 Å². The lowest BCUT2D eigenvalue weighted by atomic mass is 9.97. The maximum atomic E-state index is 10.6. The van der Waals surface area contributed by atoms with Gasteiger partial charge in [0.25, 0.3) is 0 Å². The Morgan fingerprint density at radius 3 is 2.80 bits per heavy atom. The smallest absolute Gasteiger partial charge is 0.304 e. The summed E-state index contributed by atoms with van der Waals surface area (Å²) in [7, 11) is 1.67. The van der Waals surface area contributed by atoms with Crippen molar-refractivity contribution in [3.05, 3.63) is 11.3 Å². The van der Waals surface area contributed by atoms with E-state index in [4.69, 9.17) is 9.47 Å². The summed E-state index contributed by atoms with van der Waals surface area (Å²) in [5, 5.41) is 0. The SMILES string of the molecule is COC1=C(C)C(=NCOC(C)=O)CCC1. The Morgan fingerprint density at radius 2 is 2.20 bits per heavy atom. The molecular weight excluding hydrogens is 194 g/mol. The van der Waals surface area contributed by atoms with Gasteiger partial charge in [-0.25, -0.2) is 4.99 Å². The standard InChI is InChI=1S/C11H17NO3/c1-8-10(12-7-15-9(2)13)5-4-6-11(8)14-3/h4-7H2,1-3H3. The molecule has 84 valence electrons. The predicted octanol–water partition coefficient (Wildman–Crippen LogP) is 2.05. The molecule has 0 spiro atoms. The molecule has 0 saturated heterocycles. The van der Waals surface area contributed by atoms with E-state index in [1.165, 1.54) is 6.92 Å². The summed E-state index contributed by atoms with van der Waals surface area (Å²) in [6.45, 7) is 3.48. The van der Waals surface area contributed by atoms with Crippen molar-refractivity contribution in [2.24, 2.45) is 4.99 Å². The quantitative estimate of drug-likeness (QED) is 0.671. The average Bonchev–Trinajstić information content (AvgIpc) is 2.20. The molecular formula is C11H17NO3. The molecule has 0 N–H and O–H groups in total. The first kappa shape index (κ1) is 11.8. The monoisotopic (exact) mass is 211 g/mol. The number of ether oxygens (including phenoxy) is 2. The lowest BCUT2D eigenvalue weighted by molar-refractivity contribution is -0.140. The lowest BCUT2D eigenvalue weighted by Crippen LogP contribution is -2.12. The van der Waals surface area contributed by atoms with E-state index in [-0.39, 0.29) is 12.7 Å². The van der Waals surface area contributed by atoms with E-state index in [1.807, 2.05) is 6.92 Å². The van der Waals surface area contributed by atoms with Crippen LogP contribution in [0.25, 0.3) is 0 Å². The molecule has 0 aromatic rings. The summed E-state index contributed by atoms with van der Waals surface area (Å²) in [4.78, 5) is 14.8. The van der Waals surface area contributed by atoms with E-state index < -0.39 is 0 Å². The third-order valence-electron chi connectivity index (χ3n) is 2.44. The van der Waals surface area contributed by atoms with Crippen molar-refractivity contribution in [1.82, 2.24) is 0 Å². The summed E-state index contributed by atoms with van der Waals surface area (Å²) in [6, 6.07) is 0. The highest BCUT2D eigenvalue weighted by atomic mass is 16.5. The number of hydrogen-bond acceptors (Lipinski definition) is 4. The summed E-state index contributed by atoms with van der Waals surface area (Å²) in [5.74, 6) is 0.687. The molecule has 1 aliphatic carbocycles. The van der Waals surface area contributed by atoms with Crippen LogP contribution in [0.3, 0.4) is 0 Å². The molecule has 4 heteroatoms. The van der Waals surface area contributed by atoms with E-state index in [0.29, 0.717) is 0 Å². The first-order valence-corrected chi connectivity index (χ1v) is 5.06. The maximum Gasteiger partial charge on any atom is 0.304 e. The first-order valence-electron chi connectivity index (χ1n) is 5.06. The Kier molecular flexibility index (Phi) is 4.34. The molecule has 1 aliphatic rings. The summed E-state index contributed by atoms with van der Waals surface area (Å²) in [5.41, 5.74) is 2.07. The van der Waals surface area contributed by atoms with Crippen molar-refractivity contribution in [2.75, 3.05) is 13.8 Å². The topological polar surface area (TPSA) is 47.9 Å². The molecule has 0 unspecified atom stereocenters. The van der Waals surface area contributed by atoms with Crippen LogP contribution in [-0.4, -0.2) is 25.5 Å². The number of esters is 1. The van der Waals surface area contributed by atoms with Crippen molar-refractivity contribution in [3.63, 3.8) is 0 Å². The van der Waals surface area contributed by atoms with Gasteiger partial charge >= 0.3 is 5.97 Å². The molecule has 0 aromatic heterocycles. The second-order valence-electron chi connectivity index (χ2n) is 3.48. The highest BCUT2D eigenvalue weighted by Gasteiger charge is 2.15. The van der Waals surface area contributed by atoms with Gasteiger partial charge in [0, 0.05) is 24.6 Å². The molecule has 0 saturated carbocycles. The molecule has 0 fully saturated rings. The Balaban J connectivity index is 2.64. The van der Waals surface area contributed by atoms with Gasteiger partial charge < -0.3 is 9.47 Å². The normalized spacial score (nSPS) is 19.3. The Labute approximate surface area is 90.0 Å². The molecule has 0 amide bonds. The van der Waals surface area contributed by atoms with Crippen LogP contribution >= 0.6 is 0 Å². The zero-order valence-corrected chi connectivity index (χ0v) is 9.50. The van der Waals surface area contributed by atoms with E-state index in [1.54, 1.807) is 7.11 Å². The number of allylic oxidation sites excluding steroid dienone is 2. The average molecular weight is 211 g/mol. The molecule has 0 aromatic carbocycles. The third-order valence-corrected chi connectivity index (χ3v) is 2.44. The third kappa shape index (κ3) is 3.38. The predicted molar refractivity (Wildman–Crippen MR) is 57.6 cm³/mol. The van der Waals surface area contributed by atoms with Crippen LogP contribution in [0.2, 0.25) is 0 Å². The van der Waals surface area contributed by atoms with E-state index >= 15 is 0 Å². The van der Waals surface area contributed by atoms with Gasteiger partial charge in [0.2, 0.25) is 0 Å². The number of methoxy groups -OCH3 is 1. The number of hydrogen-bond donors (Lipinski definition) is 0. The van der Waals surface area contributed by atoms with Crippen LogP contribution < -0.4 is 0 Å². The van der Waals surface area contributed by atoms with Crippen molar-refractivity contribution in [3.8, 4) is 0 Å². The van der Waals surface area contributed by atoms with Crippen LogP contribution in [0, 0.1) is 0 Å². The molecule has 15 heavy (non-hydrogen) atoms. The zero-order valence-electron chi connectivity index (χ0n) is 9.50. The number of carbonyl (C=O) groups excluding carboxylic acids is 1. The zero-order chi connectivity index (χ0) is 11.3. The minimum absolute atomic E-state index is 0.110. The van der Waals surface area contributed by atoms with Gasteiger partial charge in [0.05, 0.1) is 7.11 Å². The van der Waals surface area contributed by atoms with Crippen LogP contribution in [-0.2, 0) is 14.3 Å². The van der Waals surface area contributed by atoms with Gasteiger partial charge in [0.1, 0.15) is 5.76 Å². The van der Waals surface area contributed by atoms with E-state index in [9.17, 15) is 4.79 Å². The second-order valence-corrected chi connectivity index (χ2v) is 3.48. The molecule has 0 bridgehead atoms. The van der Waals surface area contributed by atoms with Gasteiger partial charge in [-0.05, 0) is 19.8 Å². The van der Waals surface area contributed by atoms with Crippen molar-refractivity contribution in [2.45, 2.75) is 33.1 Å². The fourth-order valence-electron chi connectivity index (χ4n) is 1.61.